The van der Waals surface area contributed by atoms with Crippen LogP contribution in [0, 0.1) is 0 Å². The molecular weight excluding hydrogens is 200 g/mol. The van der Waals surface area contributed by atoms with Gasteiger partial charge in [0, 0.05) is 6.42 Å². The van der Waals surface area contributed by atoms with Crippen LogP contribution in [0.1, 0.15) is 19.3 Å². The van der Waals surface area contributed by atoms with E-state index in [0.717, 1.165) is 19.3 Å². The highest BCUT2D eigenvalue weighted by Gasteiger charge is 2.43. The van der Waals surface area contributed by atoms with E-state index in [-0.39, 0.29) is 18.3 Å². The Labute approximate surface area is 95.6 Å². The second-order valence-corrected chi connectivity index (χ2v) is 4.59. The van der Waals surface area contributed by atoms with Crippen molar-refractivity contribution in [1.29, 1.82) is 0 Å². The molecule has 1 N–H and O–H groups in total. The summed E-state index contributed by atoms with van der Waals surface area (Å²) in [4.78, 5) is 0. The molecule has 0 bridgehead atoms. The van der Waals surface area contributed by atoms with Crippen LogP contribution in [0.2, 0.25) is 0 Å². The number of ether oxygens (including phenoxy) is 1. The molecule has 2 aliphatic carbocycles. The lowest BCUT2D eigenvalue weighted by Gasteiger charge is -2.45. The van der Waals surface area contributed by atoms with Crippen LogP contribution in [0.5, 0.6) is 0 Å². The van der Waals surface area contributed by atoms with Gasteiger partial charge in [-0.25, -0.2) is 0 Å². The summed E-state index contributed by atoms with van der Waals surface area (Å²) in [5.41, 5.74) is 2.32. The molecule has 84 valence electrons. The van der Waals surface area contributed by atoms with E-state index in [9.17, 15) is 5.11 Å². The summed E-state index contributed by atoms with van der Waals surface area (Å²) in [6, 6.07) is 0. The van der Waals surface area contributed by atoms with Crippen LogP contribution in [-0.4, -0.2) is 23.4 Å². The molecule has 1 fully saturated rings. The Morgan fingerprint density at radius 2 is 2.31 bits per heavy atom. The Hall–Kier alpha value is -1.12. The quantitative estimate of drug-likeness (QED) is 0.728. The summed E-state index contributed by atoms with van der Waals surface area (Å²) in [6.45, 7) is 0.121. The minimum absolute atomic E-state index is 0.0152. The lowest BCUT2D eigenvalue weighted by atomic mass is 9.73. The molecule has 1 spiro atoms. The number of hydrogen-bond acceptors (Lipinski definition) is 2. The zero-order valence-electron chi connectivity index (χ0n) is 9.23. The number of aliphatic hydroxyl groups excluding tert-OH is 1. The highest BCUT2D eigenvalue weighted by atomic mass is 16.5. The van der Waals surface area contributed by atoms with Gasteiger partial charge in [-0.05, 0) is 24.0 Å². The molecular formula is C14H16O2. The van der Waals surface area contributed by atoms with Gasteiger partial charge in [-0.2, -0.15) is 0 Å². The molecule has 0 aromatic rings. The summed E-state index contributed by atoms with van der Waals surface area (Å²) < 4.78 is 6.14. The third-order valence-electron chi connectivity index (χ3n) is 3.68. The minimum atomic E-state index is -0.269. The maximum atomic E-state index is 9.27. The van der Waals surface area contributed by atoms with Crippen molar-refractivity contribution in [1.82, 2.24) is 0 Å². The van der Waals surface area contributed by atoms with Gasteiger partial charge >= 0.3 is 0 Å². The van der Waals surface area contributed by atoms with Gasteiger partial charge in [0.25, 0.3) is 0 Å². The molecule has 0 radical (unpaired) electrons. The topological polar surface area (TPSA) is 29.5 Å². The summed E-state index contributed by atoms with van der Waals surface area (Å²) in [6.07, 6.45) is 15.6. The molecule has 1 saturated heterocycles. The zero-order chi connectivity index (χ0) is 11.0. The average Bonchev–Trinajstić information content (AvgIpc) is 2.35. The largest absolute Gasteiger partial charge is 0.394 e. The molecule has 16 heavy (non-hydrogen) atoms. The average molecular weight is 216 g/mol. The zero-order valence-corrected chi connectivity index (χ0v) is 9.23. The first-order valence-electron chi connectivity index (χ1n) is 5.89. The Morgan fingerprint density at radius 3 is 3.19 bits per heavy atom. The van der Waals surface area contributed by atoms with Gasteiger partial charge in [-0.1, -0.05) is 36.5 Å². The Balaban J connectivity index is 2.02. The van der Waals surface area contributed by atoms with Crippen LogP contribution in [0.25, 0.3) is 0 Å². The first-order valence-corrected chi connectivity index (χ1v) is 5.89. The van der Waals surface area contributed by atoms with Crippen LogP contribution >= 0.6 is 0 Å². The van der Waals surface area contributed by atoms with Crippen molar-refractivity contribution in [3.63, 3.8) is 0 Å². The lowest BCUT2D eigenvalue weighted by Crippen LogP contribution is -2.46. The van der Waals surface area contributed by atoms with E-state index in [1.54, 1.807) is 0 Å². The molecule has 1 aliphatic heterocycles. The fourth-order valence-electron chi connectivity index (χ4n) is 2.83. The molecule has 0 amide bonds. The van der Waals surface area contributed by atoms with Crippen molar-refractivity contribution in [2.45, 2.75) is 31.0 Å². The van der Waals surface area contributed by atoms with Gasteiger partial charge in [-0.15, -0.1) is 0 Å². The van der Waals surface area contributed by atoms with Gasteiger partial charge in [0.05, 0.1) is 12.7 Å². The fraction of sp³-hybridized carbons (Fsp3) is 0.429. The van der Waals surface area contributed by atoms with Gasteiger partial charge in [0.2, 0.25) is 0 Å². The predicted octanol–water partition coefficient (Wildman–Crippen LogP) is 2.28. The maximum absolute atomic E-state index is 9.27. The second-order valence-electron chi connectivity index (χ2n) is 4.59. The van der Waals surface area contributed by atoms with E-state index < -0.39 is 0 Å². The van der Waals surface area contributed by atoms with E-state index in [1.165, 1.54) is 11.1 Å². The summed E-state index contributed by atoms with van der Waals surface area (Å²) in [5, 5.41) is 9.27. The Morgan fingerprint density at radius 1 is 1.38 bits per heavy atom. The van der Waals surface area contributed by atoms with E-state index in [4.69, 9.17) is 4.74 Å². The van der Waals surface area contributed by atoms with Crippen LogP contribution in [0.3, 0.4) is 0 Å². The Bertz CT molecular complexity index is 414. The van der Waals surface area contributed by atoms with Crippen LogP contribution < -0.4 is 0 Å². The SMILES string of the molecule is OC[C@H]1CCC2=CC=CC3=CC=CCC32O1. The highest BCUT2D eigenvalue weighted by Crippen LogP contribution is 2.45. The van der Waals surface area contributed by atoms with Gasteiger partial charge < -0.3 is 9.84 Å². The number of hydrogen-bond donors (Lipinski definition) is 1. The minimum Gasteiger partial charge on any atom is -0.394 e. The summed E-state index contributed by atoms with van der Waals surface area (Å²) >= 11 is 0. The number of rotatable bonds is 1. The second kappa shape index (κ2) is 3.72. The lowest BCUT2D eigenvalue weighted by molar-refractivity contribution is -0.0897. The summed E-state index contributed by atoms with van der Waals surface area (Å²) in [5.74, 6) is 0. The fourth-order valence-corrected chi connectivity index (χ4v) is 2.83. The first kappa shape index (κ1) is 10.1. The normalized spacial score (nSPS) is 36.2. The maximum Gasteiger partial charge on any atom is 0.118 e. The molecule has 1 unspecified atom stereocenters. The smallest absolute Gasteiger partial charge is 0.118 e. The molecule has 1 heterocycles. The molecule has 3 aliphatic rings. The van der Waals surface area contributed by atoms with E-state index in [1.807, 2.05) is 0 Å². The van der Waals surface area contributed by atoms with Gasteiger partial charge in [0.1, 0.15) is 5.60 Å². The van der Waals surface area contributed by atoms with Crippen molar-refractivity contribution in [3.8, 4) is 0 Å². The molecule has 2 atom stereocenters. The Kier molecular flexibility index (Phi) is 2.34. The van der Waals surface area contributed by atoms with Gasteiger partial charge in [-0.3, -0.25) is 0 Å². The molecule has 0 aromatic heterocycles. The van der Waals surface area contributed by atoms with Crippen molar-refractivity contribution in [2.75, 3.05) is 6.61 Å². The third-order valence-corrected chi connectivity index (χ3v) is 3.68. The standard InChI is InChI=1S/C14H16O2/c15-10-13-8-7-12-6-3-5-11-4-1-2-9-14(11,12)16-13/h1-6,13,15H,7-10H2/t13-,14?/m1/s1. The van der Waals surface area contributed by atoms with Crippen LogP contribution in [-0.2, 0) is 4.74 Å². The van der Waals surface area contributed by atoms with Crippen LogP contribution in [0.4, 0.5) is 0 Å². The van der Waals surface area contributed by atoms with E-state index >= 15 is 0 Å². The number of aliphatic hydroxyl groups is 1. The molecule has 3 rings (SSSR count). The van der Waals surface area contributed by atoms with Crippen molar-refractivity contribution >= 4 is 0 Å². The van der Waals surface area contributed by atoms with Crippen LogP contribution in [0.15, 0.2) is 47.6 Å². The molecule has 2 heteroatoms. The summed E-state index contributed by atoms with van der Waals surface area (Å²) in [7, 11) is 0. The predicted molar refractivity (Wildman–Crippen MR) is 63.0 cm³/mol. The third kappa shape index (κ3) is 1.34. The van der Waals surface area contributed by atoms with Crippen molar-refractivity contribution < 1.29 is 9.84 Å². The van der Waals surface area contributed by atoms with Gasteiger partial charge in [0.15, 0.2) is 0 Å². The van der Waals surface area contributed by atoms with Crippen molar-refractivity contribution in [2.24, 2.45) is 0 Å². The number of allylic oxidation sites excluding steroid dienone is 4. The first-order chi connectivity index (χ1) is 7.85. The molecule has 2 nitrogen and oxygen atoms in total. The molecule has 0 aromatic carbocycles. The van der Waals surface area contributed by atoms with Crippen molar-refractivity contribution in [3.05, 3.63) is 47.6 Å². The van der Waals surface area contributed by atoms with E-state index in [0.29, 0.717) is 0 Å². The van der Waals surface area contributed by atoms with E-state index in [2.05, 4.69) is 36.5 Å². The highest BCUT2D eigenvalue weighted by molar-refractivity contribution is 5.51. The monoisotopic (exact) mass is 216 g/mol. The molecule has 0 saturated carbocycles.